The SMILES string of the molecule is Cc1ccc(Cn2cc(Br)cc(Br)c2=O)cc1. The van der Waals surface area contributed by atoms with Gasteiger partial charge in [-0.3, -0.25) is 4.79 Å². The first-order chi connectivity index (χ1) is 8.06. The van der Waals surface area contributed by atoms with Gasteiger partial charge in [-0.15, -0.1) is 0 Å². The summed E-state index contributed by atoms with van der Waals surface area (Å²) in [6.45, 7) is 2.63. The van der Waals surface area contributed by atoms with Gasteiger partial charge in [-0.1, -0.05) is 29.8 Å². The van der Waals surface area contributed by atoms with Crippen molar-refractivity contribution in [3.63, 3.8) is 0 Å². The molecule has 2 aromatic rings. The van der Waals surface area contributed by atoms with Gasteiger partial charge in [-0.2, -0.15) is 0 Å². The molecule has 0 saturated carbocycles. The molecule has 0 amide bonds. The highest BCUT2D eigenvalue weighted by Gasteiger charge is 2.03. The summed E-state index contributed by atoms with van der Waals surface area (Å²) in [7, 11) is 0. The Bertz CT molecular complexity index is 587. The van der Waals surface area contributed by atoms with Gasteiger partial charge < -0.3 is 4.57 Å². The van der Waals surface area contributed by atoms with Crippen molar-refractivity contribution in [2.24, 2.45) is 0 Å². The maximum atomic E-state index is 11.9. The Balaban J connectivity index is 2.36. The fraction of sp³-hybridized carbons (Fsp3) is 0.154. The molecule has 0 bridgehead atoms. The van der Waals surface area contributed by atoms with Gasteiger partial charge in [-0.05, 0) is 50.4 Å². The van der Waals surface area contributed by atoms with Gasteiger partial charge in [-0.25, -0.2) is 0 Å². The van der Waals surface area contributed by atoms with Crippen LogP contribution in [-0.2, 0) is 6.54 Å². The number of hydrogen-bond donors (Lipinski definition) is 0. The number of rotatable bonds is 2. The van der Waals surface area contributed by atoms with Crippen molar-refractivity contribution in [3.8, 4) is 0 Å². The molecule has 0 N–H and O–H groups in total. The van der Waals surface area contributed by atoms with E-state index in [1.54, 1.807) is 16.8 Å². The quantitative estimate of drug-likeness (QED) is 0.803. The maximum Gasteiger partial charge on any atom is 0.265 e. The third-order valence-corrected chi connectivity index (χ3v) is 3.48. The Kier molecular flexibility index (Phi) is 3.84. The zero-order valence-electron chi connectivity index (χ0n) is 9.28. The number of pyridine rings is 1. The van der Waals surface area contributed by atoms with Crippen LogP contribution < -0.4 is 5.56 Å². The predicted octanol–water partition coefficient (Wildman–Crippen LogP) is 3.73. The molecule has 1 heterocycles. The average Bonchev–Trinajstić information content (AvgIpc) is 2.28. The Morgan fingerprint density at radius 1 is 1.18 bits per heavy atom. The molecular weight excluding hydrogens is 346 g/mol. The van der Waals surface area contributed by atoms with Crippen LogP contribution in [0.5, 0.6) is 0 Å². The monoisotopic (exact) mass is 355 g/mol. The molecule has 0 unspecified atom stereocenters. The van der Waals surface area contributed by atoms with Gasteiger partial charge in [0.15, 0.2) is 0 Å². The van der Waals surface area contributed by atoms with E-state index in [2.05, 4.69) is 31.9 Å². The molecule has 0 saturated heterocycles. The van der Waals surface area contributed by atoms with E-state index in [0.29, 0.717) is 11.0 Å². The third kappa shape index (κ3) is 3.07. The van der Waals surface area contributed by atoms with E-state index in [0.717, 1.165) is 10.0 Å². The fourth-order valence-electron chi connectivity index (χ4n) is 1.57. The zero-order valence-corrected chi connectivity index (χ0v) is 12.5. The van der Waals surface area contributed by atoms with Gasteiger partial charge in [0.25, 0.3) is 5.56 Å². The Morgan fingerprint density at radius 2 is 1.82 bits per heavy atom. The number of aromatic nitrogens is 1. The summed E-state index contributed by atoms with van der Waals surface area (Å²) in [5, 5.41) is 0. The minimum absolute atomic E-state index is 0.0197. The second-order valence-corrected chi connectivity index (χ2v) is 5.69. The second kappa shape index (κ2) is 5.19. The number of nitrogens with zero attached hydrogens (tertiary/aromatic N) is 1. The standard InChI is InChI=1S/C13H11Br2NO/c1-9-2-4-10(5-3-9)7-16-8-11(14)6-12(15)13(16)17/h2-6,8H,7H2,1H3. The summed E-state index contributed by atoms with van der Waals surface area (Å²) >= 11 is 6.64. The summed E-state index contributed by atoms with van der Waals surface area (Å²) in [4.78, 5) is 11.9. The molecule has 0 fully saturated rings. The van der Waals surface area contributed by atoms with Crippen LogP contribution in [0.2, 0.25) is 0 Å². The lowest BCUT2D eigenvalue weighted by Gasteiger charge is -2.07. The van der Waals surface area contributed by atoms with Crippen LogP contribution >= 0.6 is 31.9 Å². The van der Waals surface area contributed by atoms with Gasteiger partial charge >= 0.3 is 0 Å². The smallest absolute Gasteiger partial charge is 0.265 e. The van der Waals surface area contributed by atoms with Crippen molar-refractivity contribution in [1.29, 1.82) is 0 Å². The summed E-state index contributed by atoms with van der Waals surface area (Å²) in [5.74, 6) is 0. The van der Waals surface area contributed by atoms with Crippen molar-refractivity contribution in [2.75, 3.05) is 0 Å². The number of aryl methyl sites for hydroxylation is 1. The molecule has 1 aromatic carbocycles. The lowest BCUT2D eigenvalue weighted by molar-refractivity contribution is 0.751. The highest BCUT2D eigenvalue weighted by atomic mass is 79.9. The first-order valence-electron chi connectivity index (χ1n) is 5.17. The van der Waals surface area contributed by atoms with Crippen molar-refractivity contribution in [2.45, 2.75) is 13.5 Å². The van der Waals surface area contributed by atoms with E-state index in [-0.39, 0.29) is 5.56 Å². The Hall–Kier alpha value is -0.870. The van der Waals surface area contributed by atoms with E-state index in [4.69, 9.17) is 0 Å². The van der Waals surface area contributed by atoms with Crippen molar-refractivity contribution in [3.05, 3.63) is 67.0 Å². The van der Waals surface area contributed by atoms with Gasteiger partial charge in [0.05, 0.1) is 11.0 Å². The van der Waals surface area contributed by atoms with E-state index in [1.807, 2.05) is 31.2 Å². The largest absolute Gasteiger partial charge is 0.309 e. The first-order valence-corrected chi connectivity index (χ1v) is 6.76. The minimum atomic E-state index is -0.0197. The van der Waals surface area contributed by atoms with Crippen LogP contribution in [0.1, 0.15) is 11.1 Å². The van der Waals surface area contributed by atoms with Crippen LogP contribution in [0.4, 0.5) is 0 Å². The molecule has 0 radical (unpaired) electrons. The molecule has 2 nitrogen and oxygen atoms in total. The lowest BCUT2D eigenvalue weighted by Crippen LogP contribution is -2.20. The van der Waals surface area contributed by atoms with Crippen LogP contribution in [0.3, 0.4) is 0 Å². The molecule has 2 rings (SSSR count). The topological polar surface area (TPSA) is 22.0 Å². The molecule has 88 valence electrons. The van der Waals surface area contributed by atoms with Crippen LogP contribution in [0.25, 0.3) is 0 Å². The second-order valence-electron chi connectivity index (χ2n) is 3.92. The molecule has 0 aliphatic rings. The highest BCUT2D eigenvalue weighted by molar-refractivity contribution is 9.11. The Morgan fingerprint density at radius 3 is 2.47 bits per heavy atom. The predicted molar refractivity (Wildman–Crippen MR) is 76.4 cm³/mol. The molecule has 0 spiro atoms. The summed E-state index contributed by atoms with van der Waals surface area (Å²) in [6.07, 6.45) is 1.80. The van der Waals surface area contributed by atoms with E-state index in [9.17, 15) is 4.79 Å². The van der Waals surface area contributed by atoms with Gasteiger partial charge in [0.2, 0.25) is 0 Å². The summed E-state index contributed by atoms with van der Waals surface area (Å²) in [6, 6.07) is 9.93. The first kappa shape index (κ1) is 12.6. The fourth-order valence-corrected chi connectivity index (χ4v) is 2.83. The Labute approximate surface area is 117 Å². The normalized spacial score (nSPS) is 10.5. The van der Waals surface area contributed by atoms with Crippen LogP contribution in [0, 0.1) is 6.92 Å². The lowest BCUT2D eigenvalue weighted by atomic mass is 10.1. The highest BCUT2D eigenvalue weighted by Crippen LogP contribution is 2.14. The molecule has 17 heavy (non-hydrogen) atoms. The number of hydrogen-bond acceptors (Lipinski definition) is 1. The van der Waals surface area contributed by atoms with Crippen molar-refractivity contribution >= 4 is 31.9 Å². The van der Waals surface area contributed by atoms with E-state index in [1.165, 1.54) is 5.56 Å². The number of benzene rings is 1. The molecular formula is C13H11Br2NO. The summed E-state index contributed by atoms with van der Waals surface area (Å²) < 4.78 is 3.13. The molecule has 0 atom stereocenters. The van der Waals surface area contributed by atoms with Crippen molar-refractivity contribution < 1.29 is 0 Å². The molecule has 0 aliphatic heterocycles. The van der Waals surface area contributed by atoms with E-state index < -0.39 is 0 Å². The van der Waals surface area contributed by atoms with Crippen LogP contribution in [0.15, 0.2) is 50.3 Å². The van der Waals surface area contributed by atoms with Crippen LogP contribution in [-0.4, -0.2) is 4.57 Å². The average molecular weight is 357 g/mol. The number of halogens is 2. The molecule has 1 aromatic heterocycles. The van der Waals surface area contributed by atoms with Crippen molar-refractivity contribution in [1.82, 2.24) is 4.57 Å². The molecule has 0 aliphatic carbocycles. The third-order valence-electron chi connectivity index (χ3n) is 2.48. The van der Waals surface area contributed by atoms with Gasteiger partial charge in [0.1, 0.15) is 0 Å². The molecule has 4 heteroatoms. The summed E-state index contributed by atoms with van der Waals surface area (Å²) in [5.41, 5.74) is 2.31. The maximum absolute atomic E-state index is 11.9. The minimum Gasteiger partial charge on any atom is -0.309 e. The van der Waals surface area contributed by atoms with Gasteiger partial charge in [0, 0.05) is 10.7 Å². The van der Waals surface area contributed by atoms with E-state index >= 15 is 0 Å². The zero-order chi connectivity index (χ0) is 12.4.